The number of hydrogen-bond acceptors (Lipinski definition) is 3. The molecule has 0 bridgehead atoms. The maximum absolute atomic E-state index is 12.5. The molecule has 0 aliphatic heterocycles. The van der Waals surface area contributed by atoms with E-state index in [1.165, 1.54) is 13.2 Å². The lowest BCUT2D eigenvalue weighted by molar-refractivity contribution is -0.111. The van der Waals surface area contributed by atoms with Gasteiger partial charge in [-0.2, -0.15) is 0 Å². The molecule has 2 N–H and O–H groups in total. The lowest BCUT2D eigenvalue weighted by atomic mass is 10.1. The van der Waals surface area contributed by atoms with Gasteiger partial charge in [-0.3, -0.25) is 9.59 Å². The highest BCUT2D eigenvalue weighted by molar-refractivity contribution is 6.42. The van der Waals surface area contributed by atoms with Crippen LogP contribution in [0.25, 0.3) is 6.08 Å². The molecule has 2 aromatic carbocycles. The van der Waals surface area contributed by atoms with Crippen molar-refractivity contribution in [2.45, 2.75) is 18.9 Å². The van der Waals surface area contributed by atoms with Crippen LogP contribution in [-0.2, 0) is 4.79 Å². The Bertz CT molecular complexity index is 908. The van der Waals surface area contributed by atoms with E-state index in [2.05, 4.69) is 10.6 Å². The van der Waals surface area contributed by atoms with Gasteiger partial charge in [-0.1, -0.05) is 29.3 Å². The summed E-state index contributed by atoms with van der Waals surface area (Å²) in [6.07, 6.45) is 4.94. The minimum absolute atomic E-state index is 0.210. The van der Waals surface area contributed by atoms with Crippen LogP contribution in [0.15, 0.2) is 42.5 Å². The number of amides is 2. The third kappa shape index (κ3) is 5.25. The summed E-state index contributed by atoms with van der Waals surface area (Å²) in [6.45, 7) is 0. The monoisotopic (exact) mass is 404 g/mol. The Morgan fingerprint density at radius 1 is 1.11 bits per heavy atom. The van der Waals surface area contributed by atoms with Gasteiger partial charge in [-0.25, -0.2) is 0 Å². The molecule has 1 aliphatic rings. The Labute approximate surface area is 167 Å². The van der Waals surface area contributed by atoms with Crippen molar-refractivity contribution in [1.82, 2.24) is 5.32 Å². The number of ether oxygens (including phenoxy) is 1. The normalized spacial score (nSPS) is 13.4. The number of anilines is 1. The molecule has 1 fully saturated rings. The molecular formula is C20H18Cl2N2O3. The summed E-state index contributed by atoms with van der Waals surface area (Å²) < 4.78 is 5.18. The summed E-state index contributed by atoms with van der Waals surface area (Å²) in [7, 11) is 1.52. The minimum atomic E-state index is -0.369. The predicted molar refractivity (Wildman–Crippen MR) is 108 cm³/mol. The van der Waals surface area contributed by atoms with E-state index in [1.807, 2.05) is 0 Å². The van der Waals surface area contributed by atoms with E-state index in [4.69, 9.17) is 27.9 Å². The lowest BCUT2D eigenvalue weighted by Gasteiger charge is -2.12. The van der Waals surface area contributed by atoms with Gasteiger partial charge >= 0.3 is 0 Å². The molecule has 3 rings (SSSR count). The number of carbonyl (C=O) groups is 2. The maximum atomic E-state index is 12.5. The Morgan fingerprint density at radius 3 is 2.56 bits per heavy atom. The van der Waals surface area contributed by atoms with Crippen molar-refractivity contribution < 1.29 is 14.3 Å². The third-order valence-electron chi connectivity index (χ3n) is 4.01. The van der Waals surface area contributed by atoms with Crippen molar-refractivity contribution in [3.63, 3.8) is 0 Å². The van der Waals surface area contributed by atoms with Crippen molar-refractivity contribution in [2.75, 3.05) is 12.4 Å². The second-order valence-corrected chi connectivity index (χ2v) is 6.97. The molecule has 5 nitrogen and oxygen atoms in total. The van der Waals surface area contributed by atoms with Gasteiger partial charge in [-0.15, -0.1) is 0 Å². The van der Waals surface area contributed by atoms with Gasteiger partial charge < -0.3 is 15.4 Å². The van der Waals surface area contributed by atoms with Crippen LogP contribution in [0.4, 0.5) is 5.69 Å². The van der Waals surface area contributed by atoms with E-state index in [1.54, 1.807) is 42.5 Å². The molecule has 0 heterocycles. The van der Waals surface area contributed by atoms with Gasteiger partial charge in [0.05, 0.1) is 28.4 Å². The Kier molecular flexibility index (Phi) is 6.04. The highest BCUT2D eigenvalue weighted by atomic mass is 35.5. The Hall–Kier alpha value is -2.50. The van der Waals surface area contributed by atoms with Crippen LogP contribution in [-0.4, -0.2) is 25.0 Å². The van der Waals surface area contributed by atoms with Crippen molar-refractivity contribution in [1.29, 1.82) is 0 Å². The minimum Gasteiger partial charge on any atom is -0.497 e. The van der Waals surface area contributed by atoms with Crippen molar-refractivity contribution in [3.8, 4) is 5.75 Å². The van der Waals surface area contributed by atoms with E-state index < -0.39 is 0 Å². The fourth-order valence-electron chi connectivity index (χ4n) is 2.40. The van der Waals surface area contributed by atoms with E-state index in [-0.39, 0.29) is 17.9 Å². The van der Waals surface area contributed by atoms with Crippen LogP contribution in [0.2, 0.25) is 10.0 Å². The second kappa shape index (κ2) is 8.46. The number of carbonyl (C=O) groups excluding carboxylic acids is 2. The largest absolute Gasteiger partial charge is 0.497 e. The first-order valence-electron chi connectivity index (χ1n) is 8.39. The molecule has 0 unspecified atom stereocenters. The smallest absolute Gasteiger partial charge is 0.253 e. The van der Waals surface area contributed by atoms with E-state index in [0.717, 1.165) is 18.4 Å². The van der Waals surface area contributed by atoms with E-state index >= 15 is 0 Å². The van der Waals surface area contributed by atoms with Crippen LogP contribution < -0.4 is 15.4 Å². The molecule has 7 heteroatoms. The van der Waals surface area contributed by atoms with E-state index in [9.17, 15) is 9.59 Å². The standard InChI is InChI=1S/C20H18Cl2N2O3/c1-27-14-6-8-18(15(11-14)20(26)23-13-4-5-13)24-19(25)9-3-12-2-7-16(21)17(22)10-12/h2-3,6-11,13H,4-5H2,1H3,(H,23,26)(H,24,25). The molecule has 0 atom stereocenters. The number of methoxy groups -OCH3 is 1. The zero-order chi connectivity index (χ0) is 19.4. The summed E-state index contributed by atoms with van der Waals surface area (Å²) in [6, 6.07) is 10.2. The fourth-order valence-corrected chi connectivity index (χ4v) is 2.71. The molecule has 0 saturated heterocycles. The molecule has 0 radical (unpaired) electrons. The van der Waals surface area contributed by atoms with Crippen LogP contribution in [0, 0.1) is 0 Å². The molecule has 140 valence electrons. The number of rotatable bonds is 6. The maximum Gasteiger partial charge on any atom is 0.253 e. The highest BCUT2D eigenvalue weighted by Crippen LogP contribution is 2.25. The topological polar surface area (TPSA) is 67.4 Å². The molecule has 0 spiro atoms. The Balaban J connectivity index is 1.74. The van der Waals surface area contributed by atoms with Gasteiger partial charge in [0.2, 0.25) is 5.91 Å². The zero-order valence-corrected chi connectivity index (χ0v) is 16.1. The fraction of sp³-hybridized carbons (Fsp3) is 0.200. The van der Waals surface area contributed by atoms with Crippen molar-refractivity contribution >= 4 is 46.8 Å². The first kappa shape index (κ1) is 19.3. The van der Waals surface area contributed by atoms with Gasteiger partial charge in [0, 0.05) is 12.1 Å². The molecule has 1 aliphatic carbocycles. The van der Waals surface area contributed by atoms with Gasteiger partial charge in [0.25, 0.3) is 5.91 Å². The van der Waals surface area contributed by atoms with Crippen LogP contribution in [0.5, 0.6) is 5.75 Å². The summed E-state index contributed by atoms with van der Waals surface area (Å²) in [5.41, 5.74) is 1.51. The van der Waals surface area contributed by atoms with Crippen molar-refractivity contribution in [3.05, 3.63) is 63.6 Å². The molecule has 2 aromatic rings. The zero-order valence-electron chi connectivity index (χ0n) is 14.6. The van der Waals surface area contributed by atoms with Gasteiger partial charge in [0.1, 0.15) is 5.75 Å². The third-order valence-corrected chi connectivity index (χ3v) is 4.75. The van der Waals surface area contributed by atoms with Crippen molar-refractivity contribution in [2.24, 2.45) is 0 Å². The summed E-state index contributed by atoms with van der Waals surface area (Å²) in [5.74, 6) is -0.0628. The molecule has 2 amide bonds. The second-order valence-electron chi connectivity index (χ2n) is 6.16. The van der Waals surface area contributed by atoms with Gasteiger partial charge in [0.15, 0.2) is 0 Å². The number of halogens is 2. The average Bonchev–Trinajstić information content (AvgIpc) is 3.47. The number of nitrogens with one attached hydrogen (secondary N) is 2. The number of hydrogen-bond donors (Lipinski definition) is 2. The molecule has 0 aromatic heterocycles. The molecule has 27 heavy (non-hydrogen) atoms. The predicted octanol–water partition coefficient (Wildman–Crippen LogP) is 4.55. The molecular weight excluding hydrogens is 387 g/mol. The summed E-state index contributed by atoms with van der Waals surface area (Å²) in [4.78, 5) is 24.7. The number of benzene rings is 2. The van der Waals surface area contributed by atoms with E-state index in [0.29, 0.717) is 27.0 Å². The first-order chi connectivity index (χ1) is 13.0. The van der Waals surface area contributed by atoms with Crippen LogP contribution >= 0.6 is 23.2 Å². The van der Waals surface area contributed by atoms with Crippen LogP contribution in [0.3, 0.4) is 0 Å². The first-order valence-corrected chi connectivity index (χ1v) is 9.15. The Morgan fingerprint density at radius 2 is 1.89 bits per heavy atom. The summed E-state index contributed by atoms with van der Waals surface area (Å²) >= 11 is 11.8. The highest BCUT2D eigenvalue weighted by Gasteiger charge is 2.25. The lowest BCUT2D eigenvalue weighted by Crippen LogP contribution is -2.26. The SMILES string of the molecule is COc1ccc(NC(=O)C=Cc2ccc(Cl)c(Cl)c2)c(C(=O)NC2CC2)c1. The van der Waals surface area contributed by atoms with Gasteiger partial charge in [-0.05, 0) is 54.8 Å². The average molecular weight is 405 g/mol. The molecule has 1 saturated carbocycles. The quantitative estimate of drug-likeness (QED) is 0.694. The van der Waals surface area contributed by atoms with Crippen LogP contribution in [0.1, 0.15) is 28.8 Å². The summed E-state index contributed by atoms with van der Waals surface area (Å²) in [5, 5.41) is 6.50.